The van der Waals surface area contributed by atoms with Gasteiger partial charge in [-0.25, -0.2) is 8.78 Å². The lowest BCUT2D eigenvalue weighted by Crippen LogP contribution is -2.35. The molecule has 0 aromatic heterocycles. The van der Waals surface area contributed by atoms with Gasteiger partial charge in [-0.05, 0) is 37.8 Å². The Kier molecular flexibility index (Phi) is 3.11. The number of nitrogens with zero attached hydrogens (tertiary/aromatic N) is 1. The fourth-order valence-electron chi connectivity index (χ4n) is 2.46. The molecule has 2 rings (SSSR count). The van der Waals surface area contributed by atoms with E-state index in [1.807, 2.05) is 18.4 Å². The molecule has 0 bridgehead atoms. The molecule has 0 radical (unpaired) electrons. The van der Waals surface area contributed by atoms with Gasteiger partial charge in [0.2, 0.25) is 5.92 Å². The third-order valence-corrected chi connectivity index (χ3v) is 3.38. The zero-order chi connectivity index (χ0) is 12.6. The van der Waals surface area contributed by atoms with Crippen LogP contribution in [0.5, 0.6) is 0 Å². The minimum Gasteiger partial charge on any atom is -0.346 e. The van der Waals surface area contributed by atoms with Crippen molar-refractivity contribution in [2.75, 3.05) is 0 Å². The average molecular weight is 239 g/mol. The van der Waals surface area contributed by atoms with Crippen molar-refractivity contribution in [2.45, 2.75) is 45.1 Å². The van der Waals surface area contributed by atoms with Gasteiger partial charge in [0.1, 0.15) is 0 Å². The van der Waals surface area contributed by atoms with Gasteiger partial charge in [-0.15, -0.1) is 0 Å². The summed E-state index contributed by atoms with van der Waals surface area (Å²) in [5.41, 5.74) is 2.09. The summed E-state index contributed by atoms with van der Waals surface area (Å²) < 4.78 is 25.5. The lowest BCUT2D eigenvalue weighted by atomic mass is 9.77. The Labute approximate surface area is 101 Å². The van der Waals surface area contributed by atoms with Crippen LogP contribution in [0.2, 0.25) is 0 Å². The molecule has 3 heteroatoms. The number of hydrogen-bond donors (Lipinski definition) is 0. The molecule has 0 spiro atoms. The zero-order valence-corrected chi connectivity index (χ0v) is 10.4. The maximum Gasteiger partial charge on any atom is 0.248 e. The minimum atomic E-state index is -2.41. The van der Waals surface area contributed by atoms with Gasteiger partial charge in [-0.3, -0.25) is 0 Å². The van der Waals surface area contributed by atoms with Crippen molar-refractivity contribution in [3.63, 3.8) is 0 Å². The van der Waals surface area contributed by atoms with Crippen molar-refractivity contribution in [1.29, 1.82) is 0 Å². The zero-order valence-electron chi connectivity index (χ0n) is 10.4. The molecule has 1 aliphatic carbocycles. The molecule has 0 aromatic rings. The van der Waals surface area contributed by atoms with Crippen LogP contribution in [-0.4, -0.2) is 16.9 Å². The Morgan fingerprint density at radius 2 is 2.06 bits per heavy atom. The van der Waals surface area contributed by atoms with E-state index in [-0.39, 0.29) is 18.8 Å². The Bertz CT molecular complexity index is 372. The summed E-state index contributed by atoms with van der Waals surface area (Å²) in [6.07, 6.45) is 6.84. The van der Waals surface area contributed by atoms with Gasteiger partial charge < -0.3 is 4.90 Å². The highest BCUT2D eigenvalue weighted by atomic mass is 19.3. The normalized spacial score (nSPS) is 23.9. The van der Waals surface area contributed by atoms with E-state index in [1.165, 1.54) is 0 Å². The number of halogens is 2. The monoisotopic (exact) mass is 239 g/mol. The van der Waals surface area contributed by atoms with Crippen LogP contribution in [0.3, 0.4) is 0 Å². The molecule has 0 amide bonds. The third kappa shape index (κ3) is 2.76. The summed E-state index contributed by atoms with van der Waals surface area (Å²) in [6.45, 7) is 8.15. The molecule has 0 N–H and O–H groups in total. The van der Waals surface area contributed by atoms with Gasteiger partial charge in [0, 0.05) is 30.8 Å². The maximum absolute atomic E-state index is 12.7. The predicted octanol–water partition coefficient (Wildman–Crippen LogP) is 4.10. The molecule has 1 fully saturated rings. The minimum absolute atomic E-state index is 0.0425. The Morgan fingerprint density at radius 1 is 1.41 bits per heavy atom. The summed E-state index contributed by atoms with van der Waals surface area (Å²) in [5, 5.41) is 0. The molecule has 1 heterocycles. The number of hydrogen-bond acceptors (Lipinski definition) is 1. The Hall–Kier alpha value is -1.12. The van der Waals surface area contributed by atoms with Crippen LogP contribution in [0.15, 0.2) is 36.2 Å². The van der Waals surface area contributed by atoms with Crippen molar-refractivity contribution in [1.82, 2.24) is 4.90 Å². The highest BCUT2D eigenvalue weighted by Gasteiger charge is 2.45. The van der Waals surface area contributed by atoms with Crippen LogP contribution in [0.1, 0.15) is 33.1 Å². The number of rotatable bonds is 3. The molecule has 17 heavy (non-hydrogen) atoms. The molecular weight excluding hydrogens is 220 g/mol. The molecule has 1 nitrogen and oxygen atoms in total. The van der Waals surface area contributed by atoms with Gasteiger partial charge in [0.25, 0.3) is 0 Å². The number of allylic oxidation sites excluding steroid dienone is 3. The fourth-order valence-corrected chi connectivity index (χ4v) is 2.46. The molecular formula is C14H19F2N. The smallest absolute Gasteiger partial charge is 0.248 e. The van der Waals surface area contributed by atoms with Crippen LogP contribution in [0, 0.1) is 5.92 Å². The summed E-state index contributed by atoms with van der Waals surface area (Å²) in [4.78, 5) is 2.09. The summed E-state index contributed by atoms with van der Waals surface area (Å²) in [6, 6.07) is 0.352. The molecule has 0 atom stereocenters. The summed E-state index contributed by atoms with van der Waals surface area (Å²) in [7, 11) is 0. The highest BCUT2D eigenvalue weighted by Crippen LogP contribution is 2.45. The highest BCUT2D eigenvalue weighted by molar-refractivity contribution is 5.33. The van der Waals surface area contributed by atoms with Crippen LogP contribution in [0.4, 0.5) is 8.78 Å². The van der Waals surface area contributed by atoms with Gasteiger partial charge in [0.15, 0.2) is 0 Å². The topological polar surface area (TPSA) is 3.24 Å². The van der Waals surface area contributed by atoms with Crippen LogP contribution < -0.4 is 0 Å². The van der Waals surface area contributed by atoms with Crippen LogP contribution in [0.25, 0.3) is 0 Å². The number of alkyl halides is 2. The largest absolute Gasteiger partial charge is 0.346 e. The standard InChI is InChI=1S/C14H19F2N/c1-10(2)17-9-12(5-4-11(17)3)6-13-7-14(15,16)8-13/h4-5,9-10,13H,3,6-8H2,1-2H3. The van der Waals surface area contributed by atoms with Crippen molar-refractivity contribution < 1.29 is 8.78 Å². The van der Waals surface area contributed by atoms with E-state index in [2.05, 4.69) is 25.3 Å². The van der Waals surface area contributed by atoms with Crippen LogP contribution in [-0.2, 0) is 0 Å². The van der Waals surface area contributed by atoms with E-state index >= 15 is 0 Å². The van der Waals surface area contributed by atoms with E-state index in [4.69, 9.17) is 0 Å². The van der Waals surface area contributed by atoms with Crippen molar-refractivity contribution in [3.8, 4) is 0 Å². The van der Waals surface area contributed by atoms with Crippen molar-refractivity contribution in [2.24, 2.45) is 5.92 Å². The van der Waals surface area contributed by atoms with Gasteiger partial charge in [-0.1, -0.05) is 12.7 Å². The SMILES string of the molecule is C=C1C=CC(CC2CC(F)(F)C2)=CN1C(C)C. The first-order valence-corrected chi connectivity index (χ1v) is 6.11. The van der Waals surface area contributed by atoms with E-state index in [1.54, 1.807) is 0 Å². The van der Waals surface area contributed by atoms with Crippen LogP contribution >= 0.6 is 0 Å². The molecule has 0 aromatic carbocycles. The summed E-state index contributed by atoms with van der Waals surface area (Å²) >= 11 is 0. The lowest BCUT2D eigenvalue weighted by molar-refractivity contribution is -0.109. The quantitative estimate of drug-likeness (QED) is 0.716. The van der Waals surface area contributed by atoms with Crippen molar-refractivity contribution in [3.05, 3.63) is 36.2 Å². The molecule has 0 unspecified atom stereocenters. The molecule has 1 aliphatic heterocycles. The van der Waals surface area contributed by atoms with E-state index in [0.717, 1.165) is 17.7 Å². The van der Waals surface area contributed by atoms with E-state index in [9.17, 15) is 8.78 Å². The van der Waals surface area contributed by atoms with Gasteiger partial charge in [0.05, 0.1) is 0 Å². The first-order valence-electron chi connectivity index (χ1n) is 6.11. The second-order valence-corrected chi connectivity index (χ2v) is 5.36. The lowest BCUT2D eigenvalue weighted by Gasteiger charge is -2.36. The van der Waals surface area contributed by atoms with Gasteiger partial charge >= 0.3 is 0 Å². The Balaban J connectivity index is 1.96. The first kappa shape index (κ1) is 12.3. The van der Waals surface area contributed by atoms with Gasteiger partial charge in [-0.2, -0.15) is 0 Å². The molecule has 94 valence electrons. The van der Waals surface area contributed by atoms with E-state index < -0.39 is 5.92 Å². The predicted molar refractivity (Wildman–Crippen MR) is 65.6 cm³/mol. The molecule has 1 saturated carbocycles. The molecule has 0 saturated heterocycles. The first-order chi connectivity index (χ1) is 7.87. The molecule has 2 aliphatic rings. The fraction of sp³-hybridized carbons (Fsp3) is 0.571. The summed E-state index contributed by atoms with van der Waals surface area (Å²) in [5.74, 6) is -2.27. The second-order valence-electron chi connectivity index (χ2n) is 5.36. The second kappa shape index (κ2) is 4.28. The van der Waals surface area contributed by atoms with Crippen molar-refractivity contribution >= 4 is 0 Å². The Morgan fingerprint density at radius 3 is 2.59 bits per heavy atom. The maximum atomic E-state index is 12.7. The third-order valence-electron chi connectivity index (χ3n) is 3.38. The van der Waals surface area contributed by atoms with E-state index in [0.29, 0.717) is 6.04 Å². The average Bonchev–Trinajstić information content (AvgIpc) is 2.17.